The Balaban J connectivity index is 4.20. The number of unbranched alkanes of at least 4 members (excludes halogenated alkanes) is 27. The van der Waals surface area contributed by atoms with Gasteiger partial charge in [0.2, 0.25) is 0 Å². The topological polar surface area (TPSA) is 111 Å². The lowest BCUT2D eigenvalue weighted by atomic mass is 10.0. The maximum absolute atomic E-state index is 12.9. The molecule has 0 amide bonds. The molecule has 2 atom stereocenters. The summed E-state index contributed by atoms with van der Waals surface area (Å²) in [6.07, 6.45) is 93.8. The number of likely N-dealkylation sites (N-methyl/N-ethyl adjacent to an activating group) is 1. The number of esters is 2. The zero-order chi connectivity index (χ0) is 63.3. The highest BCUT2D eigenvalue weighted by molar-refractivity contribution is 5.70. The molecule has 0 aliphatic rings. The van der Waals surface area contributed by atoms with Crippen LogP contribution in [0.4, 0.5) is 0 Å². The van der Waals surface area contributed by atoms with Crippen LogP contribution in [0, 0.1) is 0 Å². The van der Waals surface area contributed by atoms with E-state index in [1.807, 2.05) is 21.1 Å². The first-order valence-corrected chi connectivity index (χ1v) is 35.3. The van der Waals surface area contributed by atoms with Crippen LogP contribution in [0.3, 0.4) is 0 Å². The largest absolute Gasteiger partial charge is 0.545 e. The molecule has 496 valence electrons. The molecule has 0 N–H and O–H groups in total. The molecule has 0 fully saturated rings. The molecule has 9 heteroatoms. The summed E-state index contributed by atoms with van der Waals surface area (Å²) in [7, 11) is 5.92. The highest BCUT2D eigenvalue weighted by Gasteiger charge is 2.22. The summed E-state index contributed by atoms with van der Waals surface area (Å²) in [5, 5.41) is 11.8. The molecule has 0 saturated carbocycles. The van der Waals surface area contributed by atoms with E-state index in [2.05, 4.69) is 148 Å². The number of aliphatic carboxylic acids is 1. The predicted molar refractivity (Wildman–Crippen MR) is 370 cm³/mol. The van der Waals surface area contributed by atoms with Crippen LogP contribution in [0.2, 0.25) is 0 Å². The standard InChI is InChI=1S/C78H131NO8/c1-6-8-10-12-14-16-18-20-22-24-26-28-30-32-34-36-37-38-39-41-43-45-47-49-51-53-55-57-59-61-63-65-67-69-76(81)87-74(73-86-78(77(82)83)84-71-70-79(3,4)5)72-85-75(80)68-66-64-62-60-58-56-54-52-50-48-46-44-42-40-35-33-31-29-27-25-23-21-19-17-15-13-11-9-7-2/h8,10,14,16,19-22,25-28,32,34,37-38,41,43,47,49,53,55,74,78H,6-7,9,11-13,15,17-18,23-24,29-31,33,35-36,39-40,42,44-46,48,50-52,54,56-73H2,1-5H3/b10-8-,16-14-,21-19-,22-20-,27-25-,28-26-,34-32-,38-37-,43-41-,49-47-,55-53-. The minimum Gasteiger partial charge on any atom is -0.545 e. The number of nitrogens with zero attached hydrogens (tertiary/aromatic N) is 1. The maximum Gasteiger partial charge on any atom is 0.306 e. The third kappa shape index (κ3) is 68.8. The summed E-state index contributed by atoms with van der Waals surface area (Å²) in [4.78, 5) is 37.5. The zero-order valence-corrected chi connectivity index (χ0v) is 56.6. The highest BCUT2D eigenvalue weighted by atomic mass is 16.7. The van der Waals surface area contributed by atoms with Crippen molar-refractivity contribution >= 4 is 17.9 Å². The Morgan fingerprint density at radius 2 is 0.655 bits per heavy atom. The Morgan fingerprint density at radius 3 is 0.977 bits per heavy atom. The van der Waals surface area contributed by atoms with E-state index >= 15 is 0 Å². The van der Waals surface area contributed by atoms with Crippen molar-refractivity contribution in [3.63, 3.8) is 0 Å². The quantitative estimate of drug-likeness (QED) is 0.0195. The number of hydrogen-bond donors (Lipinski definition) is 0. The van der Waals surface area contributed by atoms with Crippen molar-refractivity contribution < 1.29 is 42.9 Å². The lowest BCUT2D eigenvalue weighted by Gasteiger charge is -2.26. The molecule has 0 heterocycles. The van der Waals surface area contributed by atoms with Crippen molar-refractivity contribution in [2.45, 2.75) is 296 Å². The Bertz CT molecular complexity index is 1890. The van der Waals surface area contributed by atoms with E-state index in [1.165, 1.54) is 135 Å². The van der Waals surface area contributed by atoms with Crippen molar-refractivity contribution in [1.82, 2.24) is 0 Å². The fourth-order valence-corrected chi connectivity index (χ4v) is 9.50. The van der Waals surface area contributed by atoms with Gasteiger partial charge in [0.05, 0.1) is 40.3 Å². The smallest absolute Gasteiger partial charge is 0.306 e. The summed E-state index contributed by atoms with van der Waals surface area (Å²) in [5.74, 6) is -2.31. The van der Waals surface area contributed by atoms with Crippen LogP contribution < -0.4 is 5.11 Å². The predicted octanol–water partition coefficient (Wildman–Crippen LogP) is 20.8. The van der Waals surface area contributed by atoms with E-state index in [4.69, 9.17) is 18.9 Å². The van der Waals surface area contributed by atoms with Crippen LogP contribution in [0.15, 0.2) is 134 Å². The van der Waals surface area contributed by atoms with E-state index in [0.717, 1.165) is 116 Å². The number of hydrogen-bond acceptors (Lipinski definition) is 8. The summed E-state index contributed by atoms with van der Waals surface area (Å²) in [6, 6.07) is 0. The molecule has 0 saturated heterocycles. The molecule has 0 spiro atoms. The van der Waals surface area contributed by atoms with Gasteiger partial charge in [-0.05, 0) is 116 Å². The van der Waals surface area contributed by atoms with Crippen molar-refractivity contribution in [1.29, 1.82) is 0 Å². The molecular formula is C78H131NO8. The Labute approximate surface area is 535 Å². The number of ether oxygens (including phenoxy) is 4. The molecule has 0 radical (unpaired) electrons. The van der Waals surface area contributed by atoms with Gasteiger partial charge in [0.25, 0.3) is 0 Å². The molecule has 0 aliphatic heterocycles. The van der Waals surface area contributed by atoms with Gasteiger partial charge in [-0.2, -0.15) is 0 Å². The van der Waals surface area contributed by atoms with E-state index in [0.29, 0.717) is 17.4 Å². The first-order valence-electron chi connectivity index (χ1n) is 35.3. The molecule has 0 aromatic carbocycles. The highest BCUT2D eigenvalue weighted by Crippen LogP contribution is 2.17. The first kappa shape index (κ1) is 82.4. The number of quaternary nitrogens is 1. The fourth-order valence-electron chi connectivity index (χ4n) is 9.50. The third-order valence-electron chi connectivity index (χ3n) is 14.9. The number of allylic oxidation sites excluding steroid dienone is 22. The molecule has 0 rings (SSSR count). The molecule has 0 aromatic rings. The Morgan fingerprint density at radius 1 is 0.356 bits per heavy atom. The van der Waals surface area contributed by atoms with Crippen LogP contribution in [-0.4, -0.2) is 82.3 Å². The molecule has 0 bridgehead atoms. The lowest BCUT2D eigenvalue weighted by molar-refractivity contribution is -0.870. The average Bonchev–Trinajstić information content (AvgIpc) is 3.59. The van der Waals surface area contributed by atoms with Crippen LogP contribution in [-0.2, 0) is 33.3 Å². The summed E-state index contributed by atoms with van der Waals surface area (Å²) in [5.41, 5.74) is 0. The normalized spacial score (nSPS) is 13.5. The minimum absolute atomic E-state index is 0.137. The van der Waals surface area contributed by atoms with Gasteiger partial charge in [-0.1, -0.05) is 289 Å². The second-order valence-electron chi connectivity index (χ2n) is 24.4. The van der Waals surface area contributed by atoms with Crippen molar-refractivity contribution in [3.8, 4) is 0 Å². The van der Waals surface area contributed by atoms with Gasteiger partial charge < -0.3 is 33.3 Å². The van der Waals surface area contributed by atoms with Gasteiger partial charge in [0, 0.05) is 12.8 Å². The molecule has 0 aliphatic carbocycles. The Hall–Kier alpha value is -4.57. The number of carboxylic acids is 1. The van der Waals surface area contributed by atoms with E-state index < -0.39 is 24.3 Å². The van der Waals surface area contributed by atoms with E-state index in [9.17, 15) is 19.5 Å². The number of carbonyl (C=O) groups excluding carboxylic acids is 3. The van der Waals surface area contributed by atoms with Gasteiger partial charge >= 0.3 is 11.9 Å². The van der Waals surface area contributed by atoms with Crippen LogP contribution >= 0.6 is 0 Å². The van der Waals surface area contributed by atoms with Gasteiger partial charge in [-0.25, -0.2) is 0 Å². The van der Waals surface area contributed by atoms with Crippen LogP contribution in [0.1, 0.15) is 284 Å². The summed E-state index contributed by atoms with van der Waals surface area (Å²) in [6.45, 7) is 4.61. The molecule has 87 heavy (non-hydrogen) atoms. The van der Waals surface area contributed by atoms with E-state index in [1.54, 1.807) is 0 Å². The van der Waals surface area contributed by atoms with Crippen LogP contribution in [0.25, 0.3) is 0 Å². The molecule has 0 aromatic heterocycles. The monoisotopic (exact) mass is 1210 g/mol. The van der Waals surface area contributed by atoms with Gasteiger partial charge in [0.15, 0.2) is 12.4 Å². The maximum atomic E-state index is 12.9. The second-order valence-corrected chi connectivity index (χ2v) is 24.4. The first-order chi connectivity index (χ1) is 42.6. The summed E-state index contributed by atoms with van der Waals surface area (Å²) >= 11 is 0. The molecular weight excluding hydrogens is 1080 g/mol. The lowest BCUT2D eigenvalue weighted by Crippen LogP contribution is -2.44. The minimum atomic E-state index is -1.64. The van der Waals surface area contributed by atoms with Gasteiger partial charge in [-0.3, -0.25) is 9.59 Å². The molecule has 9 nitrogen and oxygen atoms in total. The SMILES string of the molecule is CC/C=C\C/C=C\C/C=C\C/C=C\C/C=C\C/C=C\C/C=C\C/C=C\C/C=C\CCCCCCCC(=O)OC(COC(=O)CCCCCCCCCCCCCCCCCCC/C=C\C/C=C\CCCCCCC)COC(OCC[N+](C)(C)C)C(=O)[O-]. The van der Waals surface area contributed by atoms with Crippen molar-refractivity contribution in [2.24, 2.45) is 0 Å². The number of carboxylic acid groups (broad SMARTS) is 1. The second kappa shape index (κ2) is 67.4. The van der Waals surface area contributed by atoms with Crippen LogP contribution in [0.5, 0.6) is 0 Å². The fraction of sp³-hybridized carbons (Fsp3) is 0.679. The van der Waals surface area contributed by atoms with Crippen molar-refractivity contribution in [2.75, 3.05) is 47.5 Å². The third-order valence-corrected chi connectivity index (χ3v) is 14.9. The molecule has 2 unspecified atom stereocenters. The average molecular weight is 1210 g/mol. The summed E-state index contributed by atoms with van der Waals surface area (Å²) < 4.78 is 22.8. The van der Waals surface area contributed by atoms with Gasteiger partial charge in [0.1, 0.15) is 13.2 Å². The number of rotatable bonds is 64. The number of carbonyl (C=O) groups is 3. The van der Waals surface area contributed by atoms with Gasteiger partial charge in [-0.15, -0.1) is 0 Å². The van der Waals surface area contributed by atoms with E-state index in [-0.39, 0.29) is 38.6 Å². The Kier molecular flexibility index (Phi) is 63.8. The van der Waals surface area contributed by atoms with Crippen molar-refractivity contribution in [3.05, 3.63) is 134 Å². The zero-order valence-electron chi connectivity index (χ0n) is 56.6.